The van der Waals surface area contributed by atoms with Crippen molar-refractivity contribution in [3.05, 3.63) is 11.4 Å². The second-order valence-corrected chi connectivity index (χ2v) is 6.90. The molecular weight excluding hydrogens is 278 g/mol. The van der Waals surface area contributed by atoms with Crippen molar-refractivity contribution in [1.82, 2.24) is 25.2 Å². The number of aromatic nitrogens is 3. The molecule has 1 amide bonds. The molecule has 0 aromatic carbocycles. The van der Waals surface area contributed by atoms with Gasteiger partial charge in [0.15, 0.2) is 0 Å². The summed E-state index contributed by atoms with van der Waals surface area (Å²) in [5.41, 5.74) is 1.89. The van der Waals surface area contributed by atoms with Gasteiger partial charge in [0.05, 0.1) is 17.3 Å². The summed E-state index contributed by atoms with van der Waals surface area (Å²) in [6, 6.07) is 0.772. The first kappa shape index (κ1) is 14.2. The molecular formula is C16H25N5O. The fraction of sp³-hybridized carbons (Fsp3) is 0.812. The number of hydrogen-bond donors (Lipinski definition) is 1. The van der Waals surface area contributed by atoms with Crippen LogP contribution in [0.15, 0.2) is 0 Å². The number of carbonyl (C=O) groups is 1. The SMILES string of the molecule is O=C(C1CCCc2n[nH]nc21)N1CCN(C2CCCC2)CC1. The zero-order valence-corrected chi connectivity index (χ0v) is 13.1. The van der Waals surface area contributed by atoms with Crippen LogP contribution in [0.4, 0.5) is 0 Å². The van der Waals surface area contributed by atoms with Crippen molar-refractivity contribution in [2.45, 2.75) is 56.9 Å². The number of aromatic amines is 1. The van der Waals surface area contributed by atoms with E-state index in [1.165, 1.54) is 25.7 Å². The first-order chi connectivity index (χ1) is 10.8. The van der Waals surface area contributed by atoms with Gasteiger partial charge in [0.1, 0.15) is 0 Å². The maximum Gasteiger partial charge on any atom is 0.231 e. The molecule has 1 unspecified atom stereocenters. The second kappa shape index (κ2) is 5.99. The molecule has 3 aliphatic rings. The van der Waals surface area contributed by atoms with Crippen LogP contribution in [0.25, 0.3) is 0 Å². The Morgan fingerprint density at radius 2 is 1.77 bits per heavy atom. The molecule has 0 spiro atoms. The van der Waals surface area contributed by atoms with Crippen LogP contribution >= 0.6 is 0 Å². The minimum absolute atomic E-state index is 0.0690. The Morgan fingerprint density at radius 3 is 2.55 bits per heavy atom. The third-order valence-electron chi connectivity index (χ3n) is 5.65. The molecule has 22 heavy (non-hydrogen) atoms. The third-order valence-corrected chi connectivity index (χ3v) is 5.65. The van der Waals surface area contributed by atoms with Crippen molar-refractivity contribution in [2.75, 3.05) is 26.2 Å². The molecule has 6 nitrogen and oxygen atoms in total. The predicted octanol–water partition coefficient (Wildman–Crippen LogP) is 1.31. The number of piperazine rings is 1. The predicted molar refractivity (Wildman–Crippen MR) is 82.5 cm³/mol. The Balaban J connectivity index is 1.39. The Kier molecular flexibility index (Phi) is 3.86. The second-order valence-electron chi connectivity index (χ2n) is 6.90. The van der Waals surface area contributed by atoms with Crippen LogP contribution in [-0.4, -0.2) is 63.3 Å². The molecule has 1 aliphatic heterocycles. The Morgan fingerprint density at radius 1 is 1.00 bits per heavy atom. The van der Waals surface area contributed by atoms with Gasteiger partial charge in [-0.2, -0.15) is 15.4 Å². The van der Waals surface area contributed by atoms with Gasteiger partial charge in [-0.1, -0.05) is 12.8 Å². The Labute approximate surface area is 131 Å². The van der Waals surface area contributed by atoms with Gasteiger partial charge in [0.2, 0.25) is 5.91 Å². The van der Waals surface area contributed by atoms with Crippen LogP contribution in [0.2, 0.25) is 0 Å². The monoisotopic (exact) mass is 303 g/mol. The van der Waals surface area contributed by atoms with E-state index in [0.717, 1.165) is 62.9 Å². The lowest BCUT2D eigenvalue weighted by Crippen LogP contribution is -2.52. The van der Waals surface area contributed by atoms with E-state index in [2.05, 4.69) is 25.2 Å². The molecule has 1 aromatic rings. The van der Waals surface area contributed by atoms with Crippen LogP contribution in [0.5, 0.6) is 0 Å². The quantitative estimate of drug-likeness (QED) is 0.895. The van der Waals surface area contributed by atoms with Gasteiger partial charge in [-0.3, -0.25) is 9.69 Å². The van der Waals surface area contributed by atoms with E-state index in [4.69, 9.17) is 0 Å². The van der Waals surface area contributed by atoms with E-state index in [9.17, 15) is 4.79 Å². The summed E-state index contributed by atoms with van der Waals surface area (Å²) >= 11 is 0. The molecule has 1 saturated carbocycles. The van der Waals surface area contributed by atoms with Crippen LogP contribution in [0.3, 0.4) is 0 Å². The molecule has 2 aliphatic carbocycles. The smallest absolute Gasteiger partial charge is 0.231 e. The largest absolute Gasteiger partial charge is 0.340 e. The average Bonchev–Trinajstić information content (AvgIpc) is 3.25. The van der Waals surface area contributed by atoms with E-state index in [-0.39, 0.29) is 11.8 Å². The van der Waals surface area contributed by atoms with Gasteiger partial charge in [-0.05, 0) is 32.1 Å². The van der Waals surface area contributed by atoms with Gasteiger partial charge < -0.3 is 4.90 Å². The first-order valence-corrected chi connectivity index (χ1v) is 8.75. The topological polar surface area (TPSA) is 65.1 Å². The number of H-pyrrole nitrogens is 1. The van der Waals surface area contributed by atoms with Crippen LogP contribution < -0.4 is 0 Å². The van der Waals surface area contributed by atoms with Crippen LogP contribution in [0, 0.1) is 0 Å². The van der Waals surface area contributed by atoms with E-state index >= 15 is 0 Å². The number of rotatable bonds is 2. The maximum absolute atomic E-state index is 12.9. The number of fused-ring (bicyclic) bond motifs is 1. The number of nitrogens with zero attached hydrogens (tertiary/aromatic N) is 4. The van der Waals surface area contributed by atoms with Crippen molar-refractivity contribution in [2.24, 2.45) is 0 Å². The average molecular weight is 303 g/mol. The zero-order valence-electron chi connectivity index (χ0n) is 13.1. The van der Waals surface area contributed by atoms with Crippen molar-refractivity contribution in [1.29, 1.82) is 0 Å². The molecule has 2 heterocycles. The molecule has 1 aromatic heterocycles. The minimum atomic E-state index is -0.0690. The summed E-state index contributed by atoms with van der Waals surface area (Å²) in [5.74, 6) is 0.196. The lowest BCUT2D eigenvalue weighted by atomic mass is 9.88. The number of aryl methyl sites for hydroxylation is 1. The highest BCUT2D eigenvalue weighted by molar-refractivity contribution is 5.83. The Hall–Kier alpha value is -1.43. The molecule has 4 rings (SSSR count). The van der Waals surface area contributed by atoms with Crippen LogP contribution in [-0.2, 0) is 11.2 Å². The lowest BCUT2D eigenvalue weighted by molar-refractivity contribution is -0.135. The van der Waals surface area contributed by atoms with Gasteiger partial charge >= 0.3 is 0 Å². The molecule has 1 saturated heterocycles. The number of amides is 1. The first-order valence-electron chi connectivity index (χ1n) is 8.75. The standard InChI is InChI=1S/C16H25N5O/c22-16(13-6-3-7-14-15(13)18-19-17-14)21-10-8-20(9-11-21)12-4-1-2-5-12/h12-13H,1-11H2,(H,17,18,19). The molecule has 2 fully saturated rings. The maximum atomic E-state index is 12.9. The minimum Gasteiger partial charge on any atom is -0.340 e. The summed E-state index contributed by atoms with van der Waals surface area (Å²) in [4.78, 5) is 17.5. The molecule has 6 heteroatoms. The van der Waals surface area contributed by atoms with E-state index in [1.807, 2.05) is 0 Å². The van der Waals surface area contributed by atoms with Crippen LogP contribution in [0.1, 0.15) is 55.8 Å². The number of carbonyl (C=O) groups excluding carboxylic acids is 1. The Bertz CT molecular complexity index is 528. The van der Waals surface area contributed by atoms with Gasteiger partial charge in [-0.25, -0.2) is 0 Å². The fourth-order valence-corrected chi connectivity index (χ4v) is 4.37. The summed E-state index contributed by atoms with van der Waals surface area (Å²) in [6.07, 6.45) is 8.35. The highest BCUT2D eigenvalue weighted by Crippen LogP contribution is 2.31. The summed E-state index contributed by atoms with van der Waals surface area (Å²) in [5, 5.41) is 11.1. The molecule has 1 N–H and O–H groups in total. The van der Waals surface area contributed by atoms with Crippen molar-refractivity contribution >= 4 is 5.91 Å². The summed E-state index contributed by atoms with van der Waals surface area (Å²) in [6.45, 7) is 3.82. The summed E-state index contributed by atoms with van der Waals surface area (Å²) < 4.78 is 0. The van der Waals surface area contributed by atoms with E-state index in [1.54, 1.807) is 0 Å². The normalized spacial score (nSPS) is 27.1. The van der Waals surface area contributed by atoms with Gasteiger partial charge in [-0.15, -0.1) is 0 Å². The lowest BCUT2D eigenvalue weighted by Gasteiger charge is -2.39. The summed E-state index contributed by atoms with van der Waals surface area (Å²) in [7, 11) is 0. The molecule has 120 valence electrons. The fourth-order valence-electron chi connectivity index (χ4n) is 4.37. The number of hydrogen-bond acceptors (Lipinski definition) is 4. The van der Waals surface area contributed by atoms with Gasteiger partial charge in [0.25, 0.3) is 0 Å². The third kappa shape index (κ3) is 2.53. The van der Waals surface area contributed by atoms with Crippen molar-refractivity contribution < 1.29 is 4.79 Å². The van der Waals surface area contributed by atoms with Gasteiger partial charge in [0, 0.05) is 32.2 Å². The highest BCUT2D eigenvalue weighted by Gasteiger charge is 2.35. The van der Waals surface area contributed by atoms with E-state index < -0.39 is 0 Å². The number of nitrogens with one attached hydrogen (secondary N) is 1. The highest BCUT2D eigenvalue weighted by atomic mass is 16.2. The van der Waals surface area contributed by atoms with Crippen molar-refractivity contribution in [3.63, 3.8) is 0 Å². The molecule has 0 radical (unpaired) electrons. The molecule has 0 bridgehead atoms. The van der Waals surface area contributed by atoms with Crippen molar-refractivity contribution in [3.8, 4) is 0 Å². The zero-order chi connectivity index (χ0) is 14.9. The van der Waals surface area contributed by atoms with E-state index in [0.29, 0.717) is 0 Å². The molecule has 1 atom stereocenters.